The standard InChI is InChI=1S/C14H28N2S/c1-10(7-15-14-5-6-14)13(4)16-8-11(2)17-12(3)9-16/h10-15H,5-9H2,1-4H3. The molecule has 17 heavy (non-hydrogen) atoms. The summed E-state index contributed by atoms with van der Waals surface area (Å²) in [7, 11) is 0. The lowest BCUT2D eigenvalue weighted by molar-refractivity contribution is 0.157. The normalized spacial score (nSPS) is 34.6. The Labute approximate surface area is 111 Å². The van der Waals surface area contributed by atoms with Gasteiger partial charge in [-0.15, -0.1) is 0 Å². The van der Waals surface area contributed by atoms with Gasteiger partial charge in [0.05, 0.1) is 0 Å². The highest BCUT2D eigenvalue weighted by molar-refractivity contribution is 8.00. The fourth-order valence-electron chi connectivity index (χ4n) is 2.72. The van der Waals surface area contributed by atoms with Gasteiger partial charge in [-0.25, -0.2) is 0 Å². The van der Waals surface area contributed by atoms with Gasteiger partial charge in [-0.2, -0.15) is 11.8 Å². The van der Waals surface area contributed by atoms with Crippen molar-refractivity contribution < 1.29 is 0 Å². The second kappa shape index (κ2) is 5.94. The van der Waals surface area contributed by atoms with Crippen LogP contribution in [-0.4, -0.2) is 47.1 Å². The predicted octanol–water partition coefficient (Wildman–Crippen LogP) is 2.59. The molecule has 1 aliphatic heterocycles. The fraction of sp³-hybridized carbons (Fsp3) is 1.00. The topological polar surface area (TPSA) is 15.3 Å². The summed E-state index contributed by atoms with van der Waals surface area (Å²) in [6, 6.07) is 1.56. The molecule has 2 fully saturated rings. The largest absolute Gasteiger partial charge is 0.314 e. The predicted molar refractivity (Wildman–Crippen MR) is 77.7 cm³/mol. The van der Waals surface area contributed by atoms with E-state index in [-0.39, 0.29) is 0 Å². The quantitative estimate of drug-likeness (QED) is 0.814. The summed E-state index contributed by atoms with van der Waals surface area (Å²) >= 11 is 2.15. The summed E-state index contributed by atoms with van der Waals surface area (Å²) in [4.78, 5) is 2.70. The Morgan fingerprint density at radius 2 is 1.76 bits per heavy atom. The molecule has 0 aromatic rings. The first-order valence-electron chi connectivity index (χ1n) is 7.19. The van der Waals surface area contributed by atoms with Gasteiger partial charge >= 0.3 is 0 Å². The lowest BCUT2D eigenvalue weighted by atomic mass is 10.0. The zero-order valence-electron chi connectivity index (χ0n) is 11.8. The Kier molecular flexibility index (Phi) is 4.79. The molecule has 1 N–H and O–H groups in total. The van der Waals surface area contributed by atoms with Gasteiger partial charge < -0.3 is 5.32 Å². The van der Waals surface area contributed by atoms with E-state index in [0.29, 0.717) is 6.04 Å². The molecular weight excluding hydrogens is 228 g/mol. The molecule has 0 aromatic heterocycles. The van der Waals surface area contributed by atoms with Gasteiger partial charge in [-0.05, 0) is 32.2 Å². The number of nitrogens with zero attached hydrogens (tertiary/aromatic N) is 1. The van der Waals surface area contributed by atoms with E-state index in [4.69, 9.17) is 0 Å². The van der Waals surface area contributed by atoms with Crippen molar-refractivity contribution in [3.05, 3.63) is 0 Å². The third-order valence-corrected chi connectivity index (χ3v) is 5.38. The molecule has 1 heterocycles. The Morgan fingerprint density at radius 3 is 2.29 bits per heavy atom. The molecule has 2 aliphatic rings. The highest BCUT2D eigenvalue weighted by atomic mass is 32.2. The van der Waals surface area contributed by atoms with Gasteiger partial charge in [0.2, 0.25) is 0 Å². The van der Waals surface area contributed by atoms with Crippen LogP contribution in [0.5, 0.6) is 0 Å². The summed E-state index contributed by atoms with van der Waals surface area (Å²) in [6.45, 7) is 13.3. The third kappa shape index (κ3) is 4.15. The number of thioether (sulfide) groups is 1. The van der Waals surface area contributed by atoms with Gasteiger partial charge in [-0.1, -0.05) is 20.8 Å². The monoisotopic (exact) mass is 256 g/mol. The van der Waals surface area contributed by atoms with E-state index in [1.165, 1.54) is 32.5 Å². The second-order valence-electron chi connectivity index (χ2n) is 6.11. The Bertz CT molecular complexity index is 232. The lowest BCUT2D eigenvalue weighted by Gasteiger charge is -2.40. The van der Waals surface area contributed by atoms with E-state index < -0.39 is 0 Å². The zero-order valence-corrected chi connectivity index (χ0v) is 12.6. The smallest absolute Gasteiger partial charge is 0.0149 e. The van der Waals surface area contributed by atoms with Crippen LogP contribution in [0.2, 0.25) is 0 Å². The number of rotatable bonds is 5. The molecule has 0 amide bonds. The van der Waals surface area contributed by atoms with E-state index in [1.807, 2.05) is 0 Å². The highest BCUT2D eigenvalue weighted by Crippen LogP contribution is 2.27. The van der Waals surface area contributed by atoms with E-state index >= 15 is 0 Å². The van der Waals surface area contributed by atoms with Crippen molar-refractivity contribution in [1.29, 1.82) is 0 Å². The first kappa shape index (κ1) is 13.7. The van der Waals surface area contributed by atoms with Crippen molar-refractivity contribution in [3.63, 3.8) is 0 Å². The Hall–Kier alpha value is 0.270. The van der Waals surface area contributed by atoms with Crippen molar-refractivity contribution >= 4 is 11.8 Å². The Morgan fingerprint density at radius 1 is 1.18 bits per heavy atom. The minimum absolute atomic E-state index is 0.715. The molecule has 0 aromatic carbocycles. The molecule has 0 bridgehead atoms. The van der Waals surface area contributed by atoms with Crippen LogP contribution in [0.4, 0.5) is 0 Å². The molecule has 4 unspecified atom stereocenters. The van der Waals surface area contributed by atoms with Crippen LogP contribution in [0.15, 0.2) is 0 Å². The molecule has 100 valence electrons. The summed E-state index contributed by atoms with van der Waals surface area (Å²) < 4.78 is 0. The minimum atomic E-state index is 0.715. The average molecular weight is 256 g/mol. The lowest BCUT2D eigenvalue weighted by Crippen LogP contribution is -2.49. The van der Waals surface area contributed by atoms with Crippen molar-refractivity contribution in [3.8, 4) is 0 Å². The molecule has 1 aliphatic carbocycles. The average Bonchev–Trinajstić information content (AvgIpc) is 3.07. The SMILES string of the molecule is CC1CN(C(C)C(C)CNC2CC2)CC(C)S1. The van der Waals surface area contributed by atoms with E-state index in [9.17, 15) is 0 Å². The van der Waals surface area contributed by atoms with Crippen LogP contribution in [-0.2, 0) is 0 Å². The molecule has 0 spiro atoms. The van der Waals surface area contributed by atoms with E-state index in [1.54, 1.807) is 0 Å². The van der Waals surface area contributed by atoms with Gasteiger partial charge in [-0.3, -0.25) is 4.90 Å². The van der Waals surface area contributed by atoms with E-state index in [2.05, 4.69) is 49.7 Å². The third-order valence-electron chi connectivity index (χ3n) is 4.15. The number of hydrogen-bond donors (Lipinski definition) is 1. The zero-order chi connectivity index (χ0) is 12.4. The molecular formula is C14H28N2S. The molecule has 3 heteroatoms. The van der Waals surface area contributed by atoms with Crippen molar-refractivity contribution in [1.82, 2.24) is 10.2 Å². The summed E-state index contributed by atoms with van der Waals surface area (Å²) in [6.07, 6.45) is 2.80. The number of hydrogen-bond acceptors (Lipinski definition) is 3. The van der Waals surface area contributed by atoms with Gasteiger partial charge in [0.1, 0.15) is 0 Å². The summed E-state index contributed by atoms with van der Waals surface area (Å²) in [5.74, 6) is 0.762. The molecule has 4 atom stereocenters. The number of nitrogens with one attached hydrogen (secondary N) is 1. The van der Waals surface area contributed by atoms with E-state index in [0.717, 1.165) is 22.5 Å². The van der Waals surface area contributed by atoms with Gasteiger partial charge in [0.15, 0.2) is 0 Å². The van der Waals surface area contributed by atoms with Crippen LogP contribution in [0.3, 0.4) is 0 Å². The molecule has 1 saturated heterocycles. The van der Waals surface area contributed by atoms with Crippen LogP contribution < -0.4 is 5.32 Å². The summed E-state index contributed by atoms with van der Waals surface area (Å²) in [5, 5.41) is 5.26. The molecule has 2 nitrogen and oxygen atoms in total. The first-order valence-corrected chi connectivity index (χ1v) is 8.13. The van der Waals surface area contributed by atoms with Crippen LogP contribution in [0.25, 0.3) is 0 Å². The summed E-state index contributed by atoms with van der Waals surface area (Å²) in [5.41, 5.74) is 0. The van der Waals surface area contributed by atoms with Gasteiger partial charge in [0.25, 0.3) is 0 Å². The van der Waals surface area contributed by atoms with Crippen molar-refractivity contribution in [2.45, 2.75) is 63.1 Å². The van der Waals surface area contributed by atoms with Crippen molar-refractivity contribution in [2.24, 2.45) is 5.92 Å². The second-order valence-corrected chi connectivity index (χ2v) is 7.99. The van der Waals surface area contributed by atoms with Crippen LogP contribution in [0.1, 0.15) is 40.5 Å². The van der Waals surface area contributed by atoms with Crippen LogP contribution >= 0.6 is 11.8 Å². The molecule has 0 radical (unpaired) electrons. The Balaban J connectivity index is 1.77. The maximum Gasteiger partial charge on any atom is 0.0149 e. The maximum absolute atomic E-state index is 3.67. The fourth-order valence-corrected chi connectivity index (χ4v) is 4.07. The van der Waals surface area contributed by atoms with Crippen LogP contribution in [0, 0.1) is 5.92 Å². The highest BCUT2D eigenvalue weighted by Gasteiger charge is 2.29. The maximum atomic E-state index is 3.67. The van der Waals surface area contributed by atoms with Gasteiger partial charge in [0, 0.05) is 35.7 Å². The minimum Gasteiger partial charge on any atom is -0.314 e. The first-order chi connectivity index (χ1) is 8.06. The van der Waals surface area contributed by atoms with Crippen molar-refractivity contribution in [2.75, 3.05) is 19.6 Å². The molecule has 2 rings (SSSR count). The molecule has 1 saturated carbocycles.